The maximum atomic E-state index is 12.8. The molecule has 0 aliphatic rings. The molecular weight excluding hydrogens is 443 g/mol. The maximum absolute atomic E-state index is 12.8. The summed E-state index contributed by atoms with van der Waals surface area (Å²) in [5.74, 6) is 0. The number of halogens is 9. The third kappa shape index (κ3) is 10.6. The summed E-state index contributed by atoms with van der Waals surface area (Å²) >= 11 is 0. The molecule has 6 N–H and O–H groups in total. The molecule has 1 rings (SSSR count). The summed E-state index contributed by atoms with van der Waals surface area (Å²) in [5.41, 5.74) is 14.3. The van der Waals surface area contributed by atoms with E-state index in [9.17, 15) is 26.3 Å². The van der Waals surface area contributed by atoms with Crippen molar-refractivity contribution in [2.24, 2.45) is 17.2 Å². The molecule has 0 radical (unpaired) electrons. The molecule has 3 nitrogen and oxygen atoms in total. The SMILES string of the molecule is Cl.Cl.Cl.NCCCC(N)C(N)CCc1cc(C(F)(F)F)cc(C(F)(F)F)c1. The zero-order valence-electron chi connectivity index (χ0n) is 14.1. The average Bonchev–Trinajstić information content (AvgIpc) is 2.48. The normalized spacial score (nSPS) is 13.7. The fourth-order valence-corrected chi connectivity index (χ4v) is 2.28. The van der Waals surface area contributed by atoms with E-state index in [2.05, 4.69) is 0 Å². The maximum Gasteiger partial charge on any atom is 0.416 e. The Morgan fingerprint density at radius 1 is 0.741 bits per heavy atom. The fraction of sp³-hybridized carbons (Fsp3) is 0.600. The van der Waals surface area contributed by atoms with Crippen LogP contribution < -0.4 is 17.2 Å². The Balaban J connectivity index is -0.00000192. The van der Waals surface area contributed by atoms with E-state index in [1.807, 2.05) is 0 Å². The van der Waals surface area contributed by atoms with Crippen molar-refractivity contribution in [2.45, 2.75) is 50.1 Å². The van der Waals surface area contributed by atoms with Crippen molar-refractivity contribution in [1.82, 2.24) is 0 Å². The number of alkyl halides is 6. The van der Waals surface area contributed by atoms with Gasteiger partial charge in [0.25, 0.3) is 0 Å². The van der Waals surface area contributed by atoms with Crippen LogP contribution in [0.4, 0.5) is 26.3 Å². The van der Waals surface area contributed by atoms with Gasteiger partial charge in [-0.25, -0.2) is 0 Å². The average molecular weight is 467 g/mol. The molecule has 27 heavy (non-hydrogen) atoms. The minimum absolute atomic E-state index is 0. The lowest BCUT2D eigenvalue weighted by Gasteiger charge is -2.20. The van der Waals surface area contributed by atoms with E-state index in [1.165, 1.54) is 0 Å². The third-order valence-corrected chi connectivity index (χ3v) is 3.71. The summed E-state index contributed by atoms with van der Waals surface area (Å²) in [6.45, 7) is 0.434. The highest BCUT2D eigenvalue weighted by molar-refractivity contribution is 5.86. The van der Waals surface area contributed by atoms with Crippen LogP contribution in [0.5, 0.6) is 0 Å². The highest BCUT2D eigenvalue weighted by Crippen LogP contribution is 2.36. The highest BCUT2D eigenvalue weighted by Gasteiger charge is 2.36. The van der Waals surface area contributed by atoms with Gasteiger partial charge < -0.3 is 17.2 Å². The Kier molecular flexibility index (Phi) is 14.9. The van der Waals surface area contributed by atoms with Crippen molar-refractivity contribution in [3.63, 3.8) is 0 Å². The van der Waals surface area contributed by atoms with Crippen LogP contribution >= 0.6 is 37.2 Å². The van der Waals surface area contributed by atoms with E-state index in [0.29, 0.717) is 31.5 Å². The Hall–Kier alpha value is -0.450. The molecule has 0 aromatic heterocycles. The lowest BCUT2D eigenvalue weighted by molar-refractivity contribution is -0.143. The lowest BCUT2D eigenvalue weighted by atomic mass is 9.95. The first-order chi connectivity index (χ1) is 10.9. The number of aryl methyl sites for hydroxylation is 1. The second-order valence-corrected chi connectivity index (χ2v) is 5.71. The first-order valence-corrected chi connectivity index (χ1v) is 7.44. The van der Waals surface area contributed by atoms with E-state index < -0.39 is 35.6 Å². The molecule has 0 fully saturated rings. The molecule has 0 saturated carbocycles. The van der Waals surface area contributed by atoms with Crippen molar-refractivity contribution in [3.8, 4) is 0 Å². The van der Waals surface area contributed by atoms with Crippen LogP contribution in [0.2, 0.25) is 0 Å². The minimum atomic E-state index is -4.85. The van der Waals surface area contributed by atoms with Crippen molar-refractivity contribution >= 4 is 37.2 Å². The van der Waals surface area contributed by atoms with Gasteiger partial charge in [-0.15, -0.1) is 37.2 Å². The second kappa shape index (κ2) is 12.9. The van der Waals surface area contributed by atoms with E-state index in [4.69, 9.17) is 17.2 Å². The lowest BCUT2D eigenvalue weighted by Crippen LogP contribution is -2.41. The van der Waals surface area contributed by atoms with Gasteiger partial charge >= 0.3 is 12.4 Å². The van der Waals surface area contributed by atoms with Crippen LogP contribution in [0.25, 0.3) is 0 Å². The van der Waals surface area contributed by atoms with Gasteiger partial charge in [-0.05, 0) is 56.0 Å². The van der Waals surface area contributed by atoms with Crippen LogP contribution in [0.1, 0.15) is 36.0 Å². The number of benzene rings is 1. The number of hydrogen-bond donors (Lipinski definition) is 3. The Morgan fingerprint density at radius 2 is 1.15 bits per heavy atom. The molecule has 2 unspecified atom stereocenters. The van der Waals surface area contributed by atoms with Gasteiger partial charge in [-0.3, -0.25) is 0 Å². The van der Waals surface area contributed by atoms with Gasteiger partial charge in [-0.1, -0.05) is 0 Å². The fourth-order valence-electron chi connectivity index (χ4n) is 2.28. The topological polar surface area (TPSA) is 78.1 Å². The molecule has 0 aliphatic carbocycles. The first kappa shape index (κ1) is 31.3. The van der Waals surface area contributed by atoms with Crippen LogP contribution in [0.3, 0.4) is 0 Å². The third-order valence-electron chi connectivity index (χ3n) is 3.71. The molecule has 2 atom stereocenters. The molecule has 0 amide bonds. The van der Waals surface area contributed by atoms with Crippen molar-refractivity contribution in [1.29, 1.82) is 0 Å². The summed E-state index contributed by atoms with van der Waals surface area (Å²) in [6, 6.07) is 0.610. The molecular formula is C15H24Cl3F6N3. The Morgan fingerprint density at radius 3 is 1.52 bits per heavy atom. The molecule has 162 valence electrons. The molecule has 12 heteroatoms. The number of rotatable bonds is 7. The van der Waals surface area contributed by atoms with Crippen molar-refractivity contribution < 1.29 is 26.3 Å². The van der Waals surface area contributed by atoms with E-state index in [-0.39, 0.29) is 61.7 Å². The number of hydrogen-bond acceptors (Lipinski definition) is 3. The summed E-state index contributed by atoms with van der Waals surface area (Å²) in [5, 5.41) is 0. The summed E-state index contributed by atoms with van der Waals surface area (Å²) in [7, 11) is 0. The van der Waals surface area contributed by atoms with Crippen molar-refractivity contribution in [2.75, 3.05) is 6.54 Å². The largest absolute Gasteiger partial charge is 0.416 e. The van der Waals surface area contributed by atoms with Gasteiger partial charge in [0.15, 0.2) is 0 Å². The molecule has 1 aromatic carbocycles. The molecule has 0 aliphatic heterocycles. The smallest absolute Gasteiger partial charge is 0.330 e. The van der Waals surface area contributed by atoms with Crippen LogP contribution in [0, 0.1) is 0 Å². The monoisotopic (exact) mass is 465 g/mol. The summed E-state index contributed by atoms with van der Waals surface area (Å²) in [6.07, 6.45) is -8.34. The van der Waals surface area contributed by atoms with E-state index in [1.54, 1.807) is 0 Å². The molecule has 0 heterocycles. The summed E-state index contributed by atoms with van der Waals surface area (Å²) < 4.78 is 76.7. The molecule has 1 aromatic rings. The standard InChI is InChI=1S/C15H21F6N3.3ClH/c16-14(17,18)10-6-9(7-11(8-10)15(19,20)21)3-4-13(24)12(23)2-1-5-22;;;/h6-8,12-13H,1-5,22-24H2;3*1H. The van der Waals surface area contributed by atoms with Gasteiger partial charge in [-0.2, -0.15) is 26.3 Å². The predicted molar refractivity (Wildman–Crippen MR) is 101 cm³/mol. The number of nitrogens with two attached hydrogens (primary N) is 3. The van der Waals surface area contributed by atoms with Crippen LogP contribution in [-0.2, 0) is 18.8 Å². The second-order valence-electron chi connectivity index (χ2n) is 5.71. The van der Waals surface area contributed by atoms with Gasteiger partial charge in [0.1, 0.15) is 0 Å². The zero-order valence-corrected chi connectivity index (χ0v) is 16.6. The minimum Gasteiger partial charge on any atom is -0.330 e. The van der Waals surface area contributed by atoms with Gasteiger partial charge in [0.2, 0.25) is 0 Å². The van der Waals surface area contributed by atoms with E-state index >= 15 is 0 Å². The van der Waals surface area contributed by atoms with Crippen molar-refractivity contribution in [3.05, 3.63) is 34.9 Å². The van der Waals surface area contributed by atoms with Gasteiger partial charge in [0, 0.05) is 12.1 Å². The molecule has 0 saturated heterocycles. The summed E-state index contributed by atoms with van der Waals surface area (Å²) in [4.78, 5) is 0. The molecule has 0 bridgehead atoms. The van der Waals surface area contributed by atoms with Crippen LogP contribution in [0.15, 0.2) is 18.2 Å². The van der Waals surface area contributed by atoms with E-state index in [0.717, 1.165) is 0 Å². The van der Waals surface area contributed by atoms with Gasteiger partial charge in [0.05, 0.1) is 11.1 Å². The first-order valence-electron chi connectivity index (χ1n) is 7.44. The zero-order chi connectivity index (χ0) is 18.5. The highest BCUT2D eigenvalue weighted by atomic mass is 35.5. The quantitative estimate of drug-likeness (QED) is 0.524. The Labute approximate surface area is 172 Å². The Bertz CT molecular complexity index is 508. The predicted octanol–water partition coefficient (Wildman–Crippen LogP) is 4.32. The van der Waals surface area contributed by atoms with Crippen LogP contribution in [-0.4, -0.2) is 18.6 Å². The molecule has 0 spiro atoms.